The maximum Gasteiger partial charge on any atom is 0.323 e. The van der Waals surface area contributed by atoms with Crippen molar-refractivity contribution in [1.29, 1.82) is 0 Å². The SMILES string of the molecule is CC(=O)N(CC(=O)O)C1CCCN(C(=O)c2cn[nH]c2-c2ccsc2)CC1. The molecule has 1 atom stereocenters. The number of amides is 2. The zero-order valence-corrected chi connectivity index (χ0v) is 15.9. The molecule has 0 bridgehead atoms. The number of likely N-dealkylation sites (tertiary alicyclic amines) is 1. The van der Waals surface area contributed by atoms with E-state index in [0.29, 0.717) is 43.6 Å². The molecule has 0 radical (unpaired) electrons. The van der Waals surface area contributed by atoms with Crippen LogP contribution >= 0.6 is 11.3 Å². The minimum absolute atomic E-state index is 0.0989. The molecule has 1 saturated heterocycles. The van der Waals surface area contributed by atoms with Crippen LogP contribution in [0.1, 0.15) is 36.5 Å². The van der Waals surface area contributed by atoms with Gasteiger partial charge in [-0.3, -0.25) is 19.5 Å². The summed E-state index contributed by atoms with van der Waals surface area (Å²) < 4.78 is 0. The second-order valence-electron chi connectivity index (χ2n) is 6.59. The van der Waals surface area contributed by atoms with Gasteiger partial charge in [0.05, 0.1) is 17.5 Å². The summed E-state index contributed by atoms with van der Waals surface area (Å²) in [6, 6.07) is 1.77. The molecule has 3 heterocycles. The summed E-state index contributed by atoms with van der Waals surface area (Å²) in [7, 11) is 0. The van der Waals surface area contributed by atoms with E-state index in [0.717, 1.165) is 5.56 Å². The van der Waals surface area contributed by atoms with E-state index in [4.69, 9.17) is 5.11 Å². The Hall–Kier alpha value is -2.68. The van der Waals surface area contributed by atoms with Gasteiger partial charge in [0.15, 0.2) is 0 Å². The number of aromatic nitrogens is 2. The molecule has 9 heteroatoms. The number of nitrogens with one attached hydrogen (secondary N) is 1. The van der Waals surface area contributed by atoms with Crippen molar-refractivity contribution in [2.75, 3.05) is 19.6 Å². The minimum atomic E-state index is -1.03. The summed E-state index contributed by atoms with van der Waals surface area (Å²) in [5.74, 6) is -1.38. The van der Waals surface area contributed by atoms with Crippen LogP contribution in [0.25, 0.3) is 11.3 Å². The Morgan fingerprint density at radius 3 is 2.85 bits per heavy atom. The first-order valence-corrected chi connectivity index (χ1v) is 9.76. The van der Waals surface area contributed by atoms with E-state index in [1.807, 2.05) is 16.8 Å². The summed E-state index contributed by atoms with van der Waals surface area (Å²) in [6.07, 6.45) is 3.50. The molecule has 3 rings (SSSR count). The third kappa shape index (κ3) is 4.36. The van der Waals surface area contributed by atoms with Crippen molar-refractivity contribution in [2.45, 2.75) is 32.2 Å². The molecule has 1 unspecified atom stereocenters. The molecule has 1 aliphatic heterocycles. The number of nitrogens with zero attached hydrogens (tertiary/aromatic N) is 3. The molecule has 0 spiro atoms. The van der Waals surface area contributed by atoms with Crippen LogP contribution in [-0.4, -0.2) is 68.6 Å². The van der Waals surface area contributed by atoms with Gasteiger partial charge < -0.3 is 14.9 Å². The molecule has 2 N–H and O–H groups in total. The monoisotopic (exact) mass is 390 g/mol. The standard InChI is InChI=1S/C18H22N4O4S/c1-12(23)22(10-16(24)25)14-3-2-6-21(7-4-14)18(26)15-9-19-20-17(15)13-5-8-27-11-13/h5,8-9,11,14H,2-4,6-7,10H2,1H3,(H,19,20)(H,24,25). The Bertz CT molecular complexity index is 817. The molecule has 1 aliphatic rings. The van der Waals surface area contributed by atoms with Crippen LogP contribution in [-0.2, 0) is 9.59 Å². The van der Waals surface area contributed by atoms with Crippen LogP contribution in [0.4, 0.5) is 0 Å². The van der Waals surface area contributed by atoms with Gasteiger partial charge in [-0.05, 0) is 30.7 Å². The van der Waals surface area contributed by atoms with Crippen LogP contribution in [0.2, 0.25) is 0 Å². The predicted octanol–water partition coefficient (Wildman–Crippen LogP) is 2.07. The fourth-order valence-electron chi connectivity index (χ4n) is 3.48. The lowest BCUT2D eigenvalue weighted by Gasteiger charge is -2.28. The summed E-state index contributed by atoms with van der Waals surface area (Å²) in [5.41, 5.74) is 2.16. The number of H-pyrrole nitrogens is 1. The van der Waals surface area contributed by atoms with Crippen molar-refractivity contribution in [1.82, 2.24) is 20.0 Å². The first-order valence-electron chi connectivity index (χ1n) is 8.81. The highest BCUT2D eigenvalue weighted by Crippen LogP contribution is 2.26. The van der Waals surface area contributed by atoms with Gasteiger partial charge >= 0.3 is 5.97 Å². The maximum atomic E-state index is 13.0. The Balaban J connectivity index is 1.71. The zero-order chi connectivity index (χ0) is 19.4. The van der Waals surface area contributed by atoms with Gasteiger partial charge in [-0.25, -0.2) is 0 Å². The molecule has 2 amide bonds. The number of hydrogen-bond donors (Lipinski definition) is 2. The van der Waals surface area contributed by atoms with Crippen molar-refractivity contribution in [3.05, 3.63) is 28.6 Å². The Morgan fingerprint density at radius 1 is 1.37 bits per heavy atom. The topological polar surface area (TPSA) is 107 Å². The van der Waals surface area contributed by atoms with Gasteiger partial charge in [0.25, 0.3) is 5.91 Å². The lowest BCUT2D eigenvalue weighted by molar-refractivity contribution is -0.145. The molecule has 0 saturated carbocycles. The van der Waals surface area contributed by atoms with Crippen LogP contribution in [0.3, 0.4) is 0 Å². The van der Waals surface area contributed by atoms with Crippen molar-refractivity contribution >= 4 is 29.1 Å². The Morgan fingerprint density at radius 2 is 2.19 bits per heavy atom. The molecule has 2 aromatic heterocycles. The van der Waals surface area contributed by atoms with Crippen molar-refractivity contribution < 1.29 is 19.5 Å². The quantitative estimate of drug-likeness (QED) is 0.813. The predicted molar refractivity (Wildman–Crippen MR) is 100 cm³/mol. The van der Waals surface area contributed by atoms with Gasteiger partial charge in [-0.15, -0.1) is 0 Å². The highest BCUT2D eigenvalue weighted by atomic mass is 32.1. The number of hydrogen-bond acceptors (Lipinski definition) is 5. The van der Waals surface area contributed by atoms with Crippen LogP contribution in [0.5, 0.6) is 0 Å². The Labute approximate surface area is 160 Å². The minimum Gasteiger partial charge on any atom is -0.480 e. The second-order valence-corrected chi connectivity index (χ2v) is 7.37. The molecule has 27 heavy (non-hydrogen) atoms. The Kier molecular flexibility index (Phi) is 5.90. The summed E-state index contributed by atoms with van der Waals surface area (Å²) in [5, 5.41) is 19.9. The summed E-state index contributed by atoms with van der Waals surface area (Å²) in [6.45, 7) is 2.12. The normalized spacial score (nSPS) is 17.4. The number of carbonyl (C=O) groups excluding carboxylic acids is 2. The summed E-state index contributed by atoms with van der Waals surface area (Å²) >= 11 is 1.55. The van der Waals surface area contributed by atoms with E-state index in [1.165, 1.54) is 11.8 Å². The van der Waals surface area contributed by atoms with Gasteiger partial charge in [-0.2, -0.15) is 16.4 Å². The van der Waals surface area contributed by atoms with E-state index in [1.54, 1.807) is 22.4 Å². The van der Waals surface area contributed by atoms with Crippen molar-refractivity contribution in [3.8, 4) is 11.3 Å². The second kappa shape index (κ2) is 8.34. The van der Waals surface area contributed by atoms with Gasteiger partial charge in [0.1, 0.15) is 6.54 Å². The molecule has 0 aromatic carbocycles. The van der Waals surface area contributed by atoms with E-state index in [9.17, 15) is 14.4 Å². The molecular weight excluding hydrogens is 368 g/mol. The van der Waals surface area contributed by atoms with E-state index >= 15 is 0 Å². The number of aromatic amines is 1. The van der Waals surface area contributed by atoms with Crippen molar-refractivity contribution in [2.24, 2.45) is 0 Å². The average Bonchev–Trinajstić information content (AvgIpc) is 3.26. The first-order chi connectivity index (χ1) is 13.0. The van der Waals surface area contributed by atoms with E-state index < -0.39 is 5.97 Å². The highest BCUT2D eigenvalue weighted by molar-refractivity contribution is 7.08. The highest BCUT2D eigenvalue weighted by Gasteiger charge is 2.29. The lowest BCUT2D eigenvalue weighted by atomic mass is 10.1. The third-order valence-electron chi connectivity index (χ3n) is 4.82. The third-order valence-corrected chi connectivity index (χ3v) is 5.50. The molecular formula is C18H22N4O4S. The maximum absolute atomic E-state index is 13.0. The van der Waals surface area contributed by atoms with Gasteiger partial charge in [0, 0.05) is 37.0 Å². The number of carbonyl (C=O) groups is 3. The largest absolute Gasteiger partial charge is 0.480 e. The number of thiophene rings is 1. The van der Waals surface area contributed by atoms with Crippen LogP contribution in [0.15, 0.2) is 23.0 Å². The van der Waals surface area contributed by atoms with Crippen molar-refractivity contribution in [3.63, 3.8) is 0 Å². The molecule has 8 nitrogen and oxygen atoms in total. The van der Waals surface area contributed by atoms with Crippen LogP contribution < -0.4 is 0 Å². The molecule has 0 aliphatic carbocycles. The number of carboxylic acid groups (broad SMARTS) is 1. The first kappa shape index (κ1) is 19.1. The van der Waals surface area contributed by atoms with Crippen LogP contribution in [0, 0.1) is 0 Å². The molecule has 2 aromatic rings. The van der Waals surface area contributed by atoms with E-state index in [2.05, 4.69) is 10.2 Å². The number of carboxylic acids is 1. The fraction of sp³-hybridized carbons (Fsp3) is 0.444. The van der Waals surface area contributed by atoms with Gasteiger partial charge in [-0.1, -0.05) is 0 Å². The fourth-order valence-corrected chi connectivity index (χ4v) is 4.13. The smallest absolute Gasteiger partial charge is 0.323 e. The number of aliphatic carboxylic acids is 1. The van der Waals surface area contributed by atoms with E-state index in [-0.39, 0.29) is 24.4 Å². The zero-order valence-electron chi connectivity index (χ0n) is 15.1. The lowest BCUT2D eigenvalue weighted by Crippen LogP contribution is -2.43. The van der Waals surface area contributed by atoms with Gasteiger partial charge in [0.2, 0.25) is 5.91 Å². The average molecular weight is 390 g/mol. The molecule has 1 fully saturated rings. The number of rotatable bonds is 5. The molecule has 144 valence electrons. The summed E-state index contributed by atoms with van der Waals surface area (Å²) in [4.78, 5) is 39.1.